The first kappa shape index (κ1) is 30.0. The van der Waals surface area contributed by atoms with E-state index in [1.54, 1.807) is 49.4 Å². The second kappa shape index (κ2) is 14.6. The van der Waals surface area contributed by atoms with Gasteiger partial charge in [-0.05, 0) is 68.8 Å². The molecule has 0 radical (unpaired) electrons. The van der Waals surface area contributed by atoms with Crippen LogP contribution in [0.1, 0.15) is 49.5 Å². The molecular formula is C31H34N2O7. The van der Waals surface area contributed by atoms with Crippen LogP contribution in [0.3, 0.4) is 0 Å². The first-order valence-corrected chi connectivity index (χ1v) is 13.2. The van der Waals surface area contributed by atoms with Crippen molar-refractivity contribution >= 4 is 46.1 Å². The lowest BCUT2D eigenvalue weighted by Crippen LogP contribution is -2.21. The van der Waals surface area contributed by atoms with Gasteiger partial charge in [0.2, 0.25) is 5.91 Å². The SMILES string of the molecule is CCOC(=O)C(/C=C/c1ccc(NC(=O)CCC(=O)c2cc3ccc(N(CC)CC)cc3oc2=O)cc1)=C/CO. The Bertz CT molecular complexity index is 1470. The van der Waals surface area contributed by atoms with Crippen LogP contribution in [0.5, 0.6) is 0 Å². The number of Topliss-reactive ketones (excluding diaryl/α,β-unsaturated/α-hetero) is 1. The molecular weight excluding hydrogens is 512 g/mol. The number of benzene rings is 2. The third kappa shape index (κ3) is 8.00. The monoisotopic (exact) mass is 546 g/mol. The minimum atomic E-state index is -0.724. The highest BCUT2D eigenvalue weighted by atomic mass is 16.5. The molecule has 1 heterocycles. The number of hydrogen-bond donors (Lipinski definition) is 2. The molecule has 0 spiro atoms. The van der Waals surface area contributed by atoms with Gasteiger partial charge in [-0.1, -0.05) is 18.2 Å². The number of rotatable bonds is 13. The van der Waals surface area contributed by atoms with E-state index < -0.39 is 17.4 Å². The zero-order chi connectivity index (χ0) is 29.1. The zero-order valence-corrected chi connectivity index (χ0v) is 22.9. The summed E-state index contributed by atoms with van der Waals surface area (Å²) in [6.07, 6.45) is 4.33. The number of nitrogens with zero attached hydrogens (tertiary/aromatic N) is 1. The Hall–Kier alpha value is -4.50. The summed E-state index contributed by atoms with van der Waals surface area (Å²) in [5.41, 5.74) is 2.05. The lowest BCUT2D eigenvalue weighted by molar-refractivity contribution is -0.138. The molecule has 3 rings (SSSR count). The maximum absolute atomic E-state index is 12.7. The largest absolute Gasteiger partial charge is 0.462 e. The van der Waals surface area contributed by atoms with Crippen molar-refractivity contribution in [2.75, 3.05) is 36.5 Å². The number of hydrogen-bond acceptors (Lipinski definition) is 8. The van der Waals surface area contributed by atoms with Crippen LogP contribution >= 0.6 is 0 Å². The maximum atomic E-state index is 12.7. The summed E-state index contributed by atoms with van der Waals surface area (Å²) in [6, 6.07) is 13.9. The number of amides is 1. The summed E-state index contributed by atoms with van der Waals surface area (Å²) in [6.45, 7) is 7.33. The van der Waals surface area contributed by atoms with Crippen LogP contribution in [0.2, 0.25) is 0 Å². The highest BCUT2D eigenvalue weighted by Gasteiger charge is 2.16. The Balaban J connectivity index is 1.59. The lowest BCUT2D eigenvalue weighted by Gasteiger charge is -2.20. The van der Waals surface area contributed by atoms with Gasteiger partial charge in [0.25, 0.3) is 0 Å². The average molecular weight is 547 g/mol. The molecule has 0 atom stereocenters. The molecule has 0 bridgehead atoms. The number of aliphatic hydroxyl groups excluding tert-OH is 1. The summed E-state index contributed by atoms with van der Waals surface area (Å²) < 4.78 is 10.4. The second-order valence-electron chi connectivity index (χ2n) is 8.83. The average Bonchev–Trinajstić information content (AvgIpc) is 2.95. The Morgan fingerprint density at radius 2 is 1.73 bits per heavy atom. The lowest BCUT2D eigenvalue weighted by atomic mass is 10.1. The molecule has 1 amide bonds. The van der Waals surface area contributed by atoms with Crippen molar-refractivity contribution in [3.63, 3.8) is 0 Å². The number of nitrogens with one attached hydrogen (secondary N) is 1. The molecule has 9 heteroatoms. The third-order valence-corrected chi connectivity index (χ3v) is 6.20. The summed E-state index contributed by atoms with van der Waals surface area (Å²) in [5, 5.41) is 12.5. The van der Waals surface area contributed by atoms with Crippen molar-refractivity contribution < 1.29 is 28.6 Å². The molecule has 3 aromatic rings. The van der Waals surface area contributed by atoms with E-state index in [1.807, 2.05) is 26.0 Å². The zero-order valence-electron chi connectivity index (χ0n) is 22.9. The number of carbonyl (C=O) groups is 3. The molecule has 0 unspecified atom stereocenters. The molecule has 2 N–H and O–H groups in total. The smallest absolute Gasteiger partial charge is 0.347 e. The molecule has 1 aromatic heterocycles. The normalized spacial score (nSPS) is 11.6. The number of esters is 1. The van der Waals surface area contributed by atoms with E-state index in [1.165, 1.54) is 12.1 Å². The molecule has 0 saturated heterocycles. The van der Waals surface area contributed by atoms with E-state index in [2.05, 4.69) is 10.2 Å². The minimum absolute atomic E-state index is 0.0792. The van der Waals surface area contributed by atoms with E-state index in [0.29, 0.717) is 16.7 Å². The van der Waals surface area contributed by atoms with Gasteiger partial charge in [-0.15, -0.1) is 0 Å². The molecule has 0 fully saturated rings. The molecule has 40 heavy (non-hydrogen) atoms. The van der Waals surface area contributed by atoms with Gasteiger partial charge < -0.3 is 24.5 Å². The van der Waals surface area contributed by atoms with Crippen molar-refractivity contribution in [3.05, 3.63) is 87.8 Å². The number of carbonyl (C=O) groups excluding carboxylic acids is 3. The molecule has 2 aromatic carbocycles. The fourth-order valence-corrected chi connectivity index (χ4v) is 4.06. The minimum Gasteiger partial charge on any atom is -0.462 e. The summed E-state index contributed by atoms with van der Waals surface area (Å²) in [5.74, 6) is -1.37. The molecule has 0 aliphatic heterocycles. The van der Waals surface area contributed by atoms with Crippen molar-refractivity contribution in [1.82, 2.24) is 0 Å². The van der Waals surface area contributed by atoms with Gasteiger partial charge >= 0.3 is 11.6 Å². The topological polar surface area (TPSA) is 126 Å². The van der Waals surface area contributed by atoms with Crippen molar-refractivity contribution in [2.24, 2.45) is 0 Å². The van der Waals surface area contributed by atoms with Gasteiger partial charge in [-0.25, -0.2) is 9.59 Å². The fraction of sp³-hybridized carbons (Fsp3) is 0.290. The quantitative estimate of drug-likeness (QED) is 0.104. The van der Waals surface area contributed by atoms with Crippen molar-refractivity contribution in [2.45, 2.75) is 33.6 Å². The highest BCUT2D eigenvalue weighted by Crippen LogP contribution is 2.22. The van der Waals surface area contributed by atoms with Crippen molar-refractivity contribution in [3.8, 4) is 0 Å². The van der Waals surface area contributed by atoms with Gasteiger partial charge in [0, 0.05) is 48.8 Å². The molecule has 0 saturated carbocycles. The van der Waals surface area contributed by atoms with Crippen LogP contribution < -0.4 is 15.8 Å². The van der Waals surface area contributed by atoms with Gasteiger partial charge in [0.05, 0.1) is 18.8 Å². The van der Waals surface area contributed by atoms with Crippen LogP contribution in [0.15, 0.2) is 75.5 Å². The maximum Gasteiger partial charge on any atom is 0.347 e. The molecule has 9 nitrogen and oxygen atoms in total. The summed E-state index contributed by atoms with van der Waals surface area (Å²) in [7, 11) is 0. The van der Waals surface area contributed by atoms with Gasteiger partial charge in [-0.2, -0.15) is 0 Å². The summed E-state index contributed by atoms with van der Waals surface area (Å²) >= 11 is 0. The molecule has 0 aliphatic rings. The van der Waals surface area contributed by atoms with E-state index in [-0.39, 0.29) is 43.1 Å². The fourth-order valence-electron chi connectivity index (χ4n) is 4.06. The van der Waals surface area contributed by atoms with Crippen LogP contribution in [-0.2, 0) is 14.3 Å². The number of fused-ring (bicyclic) bond motifs is 1. The number of ether oxygens (including phenoxy) is 1. The van der Waals surface area contributed by atoms with Crippen LogP contribution in [0.4, 0.5) is 11.4 Å². The van der Waals surface area contributed by atoms with Crippen LogP contribution in [-0.4, -0.2) is 49.1 Å². The number of ketones is 1. The van der Waals surface area contributed by atoms with Crippen LogP contribution in [0.25, 0.3) is 17.0 Å². The van der Waals surface area contributed by atoms with Crippen LogP contribution in [0, 0.1) is 0 Å². The van der Waals surface area contributed by atoms with E-state index in [9.17, 15) is 19.2 Å². The summed E-state index contributed by atoms with van der Waals surface area (Å²) in [4.78, 5) is 51.7. The Kier molecular flexibility index (Phi) is 11.0. The predicted octanol–water partition coefficient (Wildman–Crippen LogP) is 4.74. The van der Waals surface area contributed by atoms with Gasteiger partial charge in [0.15, 0.2) is 5.78 Å². The van der Waals surface area contributed by atoms with Gasteiger partial charge in [0.1, 0.15) is 11.1 Å². The Labute approximate surface area is 232 Å². The third-order valence-electron chi connectivity index (χ3n) is 6.20. The van der Waals surface area contributed by atoms with E-state index in [0.717, 1.165) is 24.3 Å². The number of anilines is 2. The van der Waals surface area contributed by atoms with Crippen molar-refractivity contribution in [1.29, 1.82) is 0 Å². The first-order valence-electron chi connectivity index (χ1n) is 13.2. The van der Waals surface area contributed by atoms with E-state index in [4.69, 9.17) is 14.3 Å². The second-order valence-corrected chi connectivity index (χ2v) is 8.83. The molecule has 0 aliphatic carbocycles. The Morgan fingerprint density at radius 3 is 2.38 bits per heavy atom. The van der Waals surface area contributed by atoms with Gasteiger partial charge in [-0.3, -0.25) is 9.59 Å². The van der Waals surface area contributed by atoms with E-state index >= 15 is 0 Å². The predicted molar refractivity (Wildman–Crippen MR) is 156 cm³/mol. The molecule has 210 valence electrons. The Morgan fingerprint density at radius 1 is 1.00 bits per heavy atom. The standard InChI is InChI=1S/C31H34N2O7/c1-4-33(5-2)25-14-11-23-19-26(31(38)40-28(23)20-25)27(35)15-16-29(36)32-24-12-8-21(9-13-24)7-10-22(17-18-34)30(37)39-6-3/h7-14,17,19-20,34H,4-6,15-16,18H2,1-3H3,(H,32,36)/b10-7+,22-17+. The first-order chi connectivity index (χ1) is 19.3. The highest BCUT2D eigenvalue weighted by molar-refractivity contribution is 6.01. The number of aliphatic hydroxyl groups is 1.